The lowest BCUT2D eigenvalue weighted by molar-refractivity contribution is 0.249. The van der Waals surface area contributed by atoms with Crippen LogP contribution in [0.5, 0.6) is 11.5 Å². The molecule has 0 unspecified atom stereocenters. The van der Waals surface area contributed by atoms with Crippen LogP contribution in [0.3, 0.4) is 0 Å². The molecule has 186 valence electrons. The van der Waals surface area contributed by atoms with Crippen LogP contribution in [-0.4, -0.2) is 47.7 Å². The number of hydrogen-bond acceptors (Lipinski definition) is 9. The van der Waals surface area contributed by atoms with Crippen molar-refractivity contribution < 1.29 is 10.2 Å². The lowest BCUT2D eigenvalue weighted by Gasteiger charge is -2.29. The highest BCUT2D eigenvalue weighted by Gasteiger charge is 2.19. The van der Waals surface area contributed by atoms with E-state index in [9.17, 15) is 15.0 Å². The van der Waals surface area contributed by atoms with Crippen molar-refractivity contribution >= 4 is 28.5 Å². The minimum Gasteiger partial charge on any atom is -0.506 e. The van der Waals surface area contributed by atoms with Crippen molar-refractivity contribution in [3.63, 3.8) is 0 Å². The van der Waals surface area contributed by atoms with E-state index >= 15 is 0 Å². The lowest BCUT2D eigenvalue weighted by atomic mass is 9.99. The fraction of sp³-hybridized carbons (Fsp3) is 0.308. The highest BCUT2D eigenvalue weighted by molar-refractivity contribution is 5.86. The molecule has 5 rings (SSSR count). The molecule has 36 heavy (non-hydrogen) atoms. The van der Waals surface area contributed by atoms with Gasteiger partial charge in [0.15, 0.2) is 5.65 Å². The van der Waals surface area contributed by atoms with Gasteiger partial charge < -0.3 is 21.3 Å². The van der Waals surface area contributed by atoms with Gasteiger partial charge in [0.1, 0.15) is 23.0 Å². The number of rotatable bonds is 7. The SMILES string of the molecule is CCCCCN1CCc2ccc(Nc3ncc4c(N)n(-c5c(O)cccc5O)c(=O)nc4n3)cc2C1. The third-order valence-electron chi connectivity index (χ3n) is 6.53. The van der Waals surface area contributed by atoms with Crippen LogP contribution in [0.15, 0.2) is 47.4 Å². The second-order valence-electron chi connectivity index (χ2n) is 9.03. The van der Waals surface area contributed by atoms with Crippen LogP contribution in [0.1, 0.15) is 37.3 Å². The third kappa shape index (κ3) is 4.55. The zero-order chi connectivity index (χ0) is 25.2. The van der Waals surface area contributed by atoms with Crippen LogP contribution in [0.4, 0.5) is 17.5 Å². The van der Waals surface area contributed by atoms with Gasteiger partial charge in [0.25, 0.3) is 0 Å². The van der Waals surface area contributed by atoms with E-state index in [4.69, 9.17) is 5.73 Å². The molecule has 10 nitrogen and oxygen atoms in total. The average molecular weight is 488 g/mol. The van der Waals surface area contributed by atoms with E-state index in [0.29, 0.717) is 5.39 Å². The smallest absolute Gasteiger partial charge is 0.356 e. The predicted molar refractivity (Wildman–Crippen MR) is 139 cm³/mol. The number of para-hydroxylation sites is 1. The Bertz CT molecular complexity index is 1460. The maximum absolute atomic E-state index is 12.8. The predicted octanol–water partition coefficient (Wildman–Crippen LogP) is 3.46. The maximum atomic E-state index is 12.8. The summed E-state index contributed by atoms with van der Waals surface area (Å²) in [5.74, 6) is -0.362. The number of phenols is 2. The van der Waals surface area contributed by atoms with E-state index in [2.05, 4.69) is 44.2 Å². The van der Waals surface area contributed by atoms with Gasteiger partial charge in [0.2, 0.25) is 5.95 Å². The molecule has 4 aromatic rings. The summed E-state index contributed by atoms with van der Waals surface area (Å²) >= 11 is 0. The van der Waals surface area contributed by atoms with E-state index in [1.54, 1.807) is 0 Å². The van der Waals surface area contributed by atoms with Gasteiger partial charge in [-0.15, -0.1) is 0 Å². The van der Waals surface area contributed by atoms with Crippen LogP contribution in [0.25, 0.3) is 16.7 Å². The summed E-state index contributed by atoms with van der Waals surface area (Å²) in [5.41, 5.74) is 8.90. The van der Waals surface area contributed by atoms with E-state index in [1.807, 2.05) is 6.07 Å². The number of hydrogen-bond donors (Lipinski definition) is 4. The first-order valence-corrected chi connectivity index (χ1v) is 12.1. The summed E-state index contributed by atoms with van der Waals surface area (Å²) in [6.07, 6.45) is 6.19. The molecule has 2 aromatic carbocycles. The van der Waals surface area contributed by atoms with Crippen LogP contribution < -0.4 is 16.7 Å². The Balaban J connectivity index is 1.42. The van der Waals surface area contributed by atoms with Gasteiger partial charge in [0, 0.05) is 25.0 Å². The van der Waals surface area contributed by atoms with Crippen molar-refractivity contribution in [1.29, 1.82) is 0 Å². The Morgan fingerprint density at radius 2 is 1.89 bits per heavy atom. The number of aromatic nitrogens is 4. The van der Waals surface area contributed by atoms with Gasteiger partial charge >= 0.3 is 5.69 Å². The van der Waals surface area contributed by atoms with Crippen molar-refractivity contribution in [2.24, 2.45) is 0 Å². The number of anilines is 3. The molecule has 0 bridgehead atoms. The zero-order valence-electron chi connectivity index (χ0n) is 20.1. The number of phenolic OH excluding ortho intramolecular Hbond substituents is 2. The molecule has 0 aliphatic carbocycles. The van der Waals surface area contributed by atoms with Gasteiger partial charge in [-0.25, -0.2) is 14.3 Å². The Morgan fingerprint density at radius 1 is 1.08 bits per heavy atom. The molecule has 2 aromatic heterocycles. The Labute approximate surface area is 208 Å². The summed E-state index contributed by atoms with van der Waals surface area (Å²) in [4.78, 5) is 28.0. The van der Waals surface area contributed by atoms with Gasteiger partial charge in [-0.2, -0.15) is 9.97 Å². The summed E-state index contributed by atoms with van der Waals surface area (Å²) < 4.78 is 0.944. The van der Waals surface area contributed by atoms with E-state index in [0.717, 1.165) is 36.3 Å². The minimum absolute atomic E-state index is 0.0368. The first-order valence-electron chi connectivity index (χ1n) is 12.1. The lowest BCUT2D eigenvalue weighted by Crippen LogP contribution is -2.31. The zero-order valence-corrected chi connectivity index (χ0v) is 20.1. The van der Waals surface area contributed by atoms with Crippen molar-refractivity contribution in [2.45, 2.75) is 39.2 Å². The molecule has 10 heteroatoms. The van der Waals surface area contributed by atoms with E-state index in [1.165, 1.54) is 54.8 Å². The molecule has 1 aliphatic rings. The van der Waals surface area contributed by atoms with Crippen molar-refractivity contribution in [3.8, 4) is 17.2 Å². The highest BCUT2D eigenvalue weighted by Crippen LogP contribution is 2.32. The minimum atomic E-state index is -0.779. The van der Waals surface area contributed by atoms with Crippen LogP contribution in [0, 0.1) is 0 Å². The summed E-state index contributed by atoms with van der Waals surface area (Å²) in [5, 5.41) is 23.9. The number of nitrogen functional groups attached to an aromatic ring is 1. The van der Waals surface area contributed by atoms with Gasteiger partial charge in [0.05, 0.1) is 5.39 Å². The topological polar surface area (TPSA) is 142 Å². The van der Waals surface area contributed by atoms with Crippen molar-refractivity contribution in [1.82, 2.24) is 24.4 Å². The second kappa shape index (κ2) is 9.82. The normalized spacial score (nSPS) is 13.6. The molecule has 0 atom stereocenters. The fourth-order valence-electron chi connectivity index (χ4n) is 4.63. The average Bonchev–Trinajstić information content (AvgIpc) is 2.85. The quantitative estimate of drug-likeness (QED) is 0.288. The monoisotopic (exact) mass is 487 g/mol. The van der Waals surface area contributed by atoms with Crippen molar-refractivity contribution in [2.75, 3.05) is 24.1 Å². The largest absolute Gasteiger partial charge is 0.506 e. The summed E-state index contributed by atoms with van der Waals surface area (Å²) in [7, 11) is 0. The van der Waals surface area contributed by atoms with Crippen molar-refractivity contribution in [3.05, 3.63) is 64.2 Å². The van der Waals surface area contributed by atoms with Crippen LogP contribution in [-0.2, 0) is 13.0 Å². The van der Waals surface area contributed by atoms with E-state index in [-0.39, 0.29) is 34.6 Å². The third-order valence-corrected chi connectivity index (χ3v) is 6.53. The number of fused-ring (bicyclic) bond motifs is 2. The van der Waals surface area contributed by atoms with Gasteiger partial charge in [-0.05, 0) is 54.8 Å². The molecule has 0 saturated carbocycles. The van der Waals surface area contributed by atoms with Crippen LogP contribution in [0.2, 0.25) is 0 Å². The molecule has 5 N–H and O–H groups in total. The molecule has 0 spiro atoms. The molecule has 1 aliphatic heterocycles. The molecular formula is C26H29N7O3. The molecule has 0 amide bonds. The second-order valence-corrected chi connectivity index (χ2v) is 9.03. The van der Waals surface area contributed by atoms with Gasteiger partial charge in [-0.1, -0.05) is 31.9 Å². The number of aromatic hydroxyl groups is 2. The molecule has 0 fully saturated rings. The Morgan fingerprint density at radius 3 is 2.67 bits per heavy atom. The Hall–Kier alpha value is -4.18. The van der Waals surface area contributed by atoms with Gasteiger partial charge in [-0.3, -0.25) is 4.90 Å². The Kier molecular flexibility index (Phi) is 6.43. The van der Waals surface area contributed by atoms with E-state index < -0.39 is 5.69 Å². The molecule has 0 saturated heterocycles. The number of benzene rings is 2. The number of nitrogens with two attached hydrogens (primary N) is 1. The van der Waals surface area contributed by atoms with Crippen LogP contribution >= 0.6 is 0 Å². The first-order chi connectivity index (χ1) is 17.4. The number of unbranched alkanes of at least 4 members (excludes halogenated alkanes) is 2. The fourth-order valence-corrected chi connectivity index (χ4v) is 4.63. The number of nitrogens with zero attached hydrogens (tertiary/aromatic N) is 5. The highest BCUT2D eigenvalue weighted by atomic mass is 16.3. The summed E-state index contributed by atoms with van der Waals surface area (Å²) in [6, 6.07) is 10.4. The maximum Gasteiger partial charge on any atom is 0.356 e. The number of nitrogens with one attached hydrogen (secondary N) is 1. The molecule has 0 radical (unpaired) electrons. The standard InChI is InChI=1S/C26H29N7O3/c1-2-3-4-11-32-12-10-16-8-9-18(13-17(16)15-32)29-25-28-14-19-23(27)33(26(36)31-24(19)30-25)22-20(34)6-5-7-21(22)35/h5-9,13-14,34-35H,2-4,10-12,15,27H2,1H3,(H,29,30,31,36). The summed E-state index contributed by atoms with van der Waals surface area (Å²) in [6.45, 7) is 5.34. The molecular weight excluding hydrogens is 458 g/mol. The molecule has 3 heterocycles. The first kappa shape index (κ1) is 23.6.